The van der Waals surface area contributed by atoms with Crippen LogP contribution in [0, 0.1) is 22.7 Å². The molecule has 0 aliphatic carbocycles. The molecule has 1 aromatic rings. The molecule has 0 amide bonds. The topological polar surface area (TPSA) is 47.6 Å². The number of hydrogen-bond acceptors (Lipinski definition) is 2. The minimum Gasteiger partial charge on any atom is -0.241 e. The second kappa shape index (κ2) is 4.23. The number of nitriles is 2. The van der Waals surface area contributed by atoms with Gasteiger partial charge in [-0.15, -0.1) is 0 Å². The molecule has 1 aromatic carbocycles. The van der Waals surface area contributed by atoms with Crippen LogP contribution in [0.15, 0.2) is 24.3 Å². The first-order valence-corrected chi connectivity index (χ1v) is 3.79. The van der Waals surface area contributed by atoms with Crippen LogP contribution in [0.25, 0.3) is 0 Å². The van der Waals surface area contributed by atoms with Crippen molar-refractivity contribution in [2.24, 2.45) is 0 Å². The zero-order valence-corrected chi connectivity index (χ0v) is 6.87. The molecule has 0 saturated carbocycles. The van der Waals surface area contributed by atoms with Crippen molar-refractivity contribution in [3.05, 3.63) is 35.4 Å². The van der Waals surface area contributed by atoms with Gasteiger partial charge in [0.1, 0.15) is 6.17 Å². The largest absolute Gasteiger partial charge is 0.241 e. The molecule has 1 atom stereocenters. The fourth-order valence-electron chi connectivity index (χ4n) is 1.00. The summed E-state index contributed by atoms with van der Waals surface area (Å²) in [5, 5.41) is 16.8. The molecule has 13 heavy (non-hydrogen) atoms. The van der Waals surface area contributed by atoms with Gasteiger partial charge >= 0.3 is 0 Å². The highest BCUT2D eigenvalue weighted by molar-refractivity contribution is 5.33. The fourth-order valence-corrected chi connectivity index (χ4v) is 1.00. The van der Waals surface area contributed by atoms with Crippen LogP contribution in [-0.2, 0) is 0 Å². The summed E-state index contributed by atoms with van der Waals surface area (Å²) in [4.78, 5) is 0. The Bertz CT molecular complexity index is 373. The van der Waals surface area contributed by atoms with Gasteiger partial charge in [0, 0.05) is 0 Å². The minimum atomic E-state index is -1.29. The normalized spacial score (nSPS) is 11.3. The lowest BCUT2D eigenvalue weighted by Crippen LogP contribution is -1.90. The zero-order chi connectivity index (χ0) is 9.68. The second-order valence-electron chi connectivity index (χ2n) is 2.57. The van der Waals surface area contributed by atoms with E-state index < -0.39 is 6.17 Å². The third kappa shape index (κ3) is 2.28. The predicted molar refractivity (Wildman–Crippen MR) is 45.2 cm³/mol. The van der Waals surface area contributed by atoms with Gasteiger partial charge in [-0.2, -0.15) is 10.5 Å². The Morgan fingerprint density at radius 1 is 1.38 bits per heavy atom. The first-order valence-electron chi connectivity index (χ1n) is 3.79. The van der Waals surface area contributed by atoms with Gasteiger partial charge in [0.15, 0.2) is 0 Å². The van der Waals surface area contributed by atoms with Crippen molar-refractivity contribution in [2.75, 3.05) is 0 Å². The highest BCUT2D eigenvalue weighted by atomic mass is 19.1. The fraction of sp³-hybridized carbons (Fsp3) is 0.200. The molecule has 1 rings (SSSR count). The molecule has 0 aliphatic heterocycles. The van der Waals surface area contributed by atoms with E-state index in [0.717, 1.165) is 0 Å². The minimum absolute atomic E-state index is 0.172. The summed E-state index contributed by atoms with van der Waals surface area (Å²) >= 11 is 0. The lowest BCUT2D eigenvalue weighted by molar-refractivity contribution is 0.350. The van der Waals surface area contributed by atoms with Gasteiger partial charge in [0.2, 0.25) is 0 Å². The number of rotatable bonds is 2. The molecule has 0 bridgehead atoms. The van der Waals surface area contributed by atoms with E-state index in [9.17, 15) is 4.39 Å². The standard InChI is InChI=1S/C10H7FN2/c11-10(4-5-12)9-3-1-2-8(6-9)7-13/h1-3,6,10H,4H2. The molecule has 0 aromatic heterocycles. The van der Waals surface area contributed by atoms with Gasteiger partial charge in [-0.3, -0.25) is 0 Å². The molecule has 0 fully saturated rings. The number of nitrogens with zero attached hydrogens (tertiary/aromatic N) is 2. The van der Waals surface area contributed by atoms with Crippen molar-refractivity contribution in [3.8, 4) is 12.1 Å². The number of benzene rings is 1. The van der Waals surface area contributed by atoms with Crippen molar-refractivity contribution in [3.63, 3.8) is 0 Å². The third-order valence-electron chi connectivity index (χ3n) is 1.65. The summed E-state index contributed by atoms with van der Waals surface area (Å²) in [5.41, 5.74) is 0.804. The van der Waals surface area contributed by atoms with Gasteiger partial charge < -0.3 is 0 Å². The Labute approximate surface area is 75.8 Å². The van der Waals surface area contributed by atoms with Crippen LogP contribution in [0.2, 0.25) is 0 Å². The van der Waals surface area contributed by atoms with E-state index in [4.69, 9.17) is 10.5 Å². The highest BCUT2D eigenvalue weighted by Crippen LogP contribution is 2.20. The summed E-state index contributed by atoms with van der Waals surface area (Å²) in [6, 6.07) is 9.90. The number of hydrogen-bond donors (Lipinski definition) is 0. The summed E-state index contributed by atoms with van der Waals surface area (Å²) in [6.07, 6.45) is -1.46. The van der Waals surface area contributed by atoms with Crippen molar-refractivity contribution in [1.82, 2.24) is 0 Å². The predicted octanol–water partition coefficient (Wildman–Crippen LogP) is 2.48. The van der Waals surface area contributed by atoms with E-state index in [-0.39, 0.29) is 6.42 Å². The number of alkyl halides is 1. The monoisotopic (exact) mass is 174 g/mol. The van der Waals surface area contributed by atoms with Crippen LogP contribution in [0.4, 0.5) is 4.39 Å². The lowest BCUT2D eigenvalue weighted by atomic mass is 10.1. The Kier molecular flexibility index (Phi) is 3.00. The zero-order valence-electron chi connectivity index (χ0n) is 6.87. The van der Waals surface area contributed by atoms with E-state index in [0.29, 0.717) is 11.1 Å². The van der Waals surface area contributed by atoms with E-state index in [2.05, 4.69) is 0 Å². The van der Waals surface area contributed by atoms with Gasteiger partial charge in [-0.05, 0) is 17.7 Å². The molecule has 2 nitrogen and oxygen atoms in total. The lowest BCUT2D eigenvalue weighted by Gasteiger charge is -2.03. The van der Waals surface area contributed by atoms with Gasteiger partial charge in [0.25, 0.3) is 0 Å². The Morgan fingerprint density at radius 2 is 2.15 bits per heavy atom. The highest BCUT2D eigenvalue weighted by Gasteiger charge is 2.08. The van der Waals surface area contributed by atoms with Crippen LogP contribution < -0.4 is 0 Å². The van der Waals surface area contributed by atoms with Crippen molar-refractivity contribution in [2.45, 2.75) is 12.6 Å². The maximum atomic E-state index is 13.1. The van der Waals surface area contributed by atoms with E-state index in [1.807, 2.05) is 6.07 Å². The van der Waals surface area contributed by atoms with E-state index in [1.165, 1.54) is 6.07 Å². The van der Waals surface area contributed by atoms with Crippen molar-refractivity contribution >= 4 is 0 Å². The van der Waals surface area contributed by atoms with Crippen LogP contribution in [0.3, 0.4) is 0 Å². The van der Waals surface area contributed by atoms with E-state index >= 15 is 0 Å². The first-order chi connectivity index (χ1) is 6.27. The van der Waals surface area contributed by atoms with Crippen LogP contribution in [-0.4, -0.2) is 0 Å². The molecule has 0 aliphatic rings. The second-order valence-corrected chi connectivity index (χ2v) is 2.57. The maximum Gasteiger partial charge on any atom is 0.138 e. The molecular formula is C10H7FN2. The van der Waals surface area contributed by atoms with Gasteiger partial charge in [-0.25, -0.2) is 4.39 Å². The Balaban J connectivity index is 2.91. The summed E-state index contributed by atoms with van der Waals surface area (Å²) in [6.45, 7) is 0. The summed E-state index contributed by atoms with van der Waals surface area (Å²) in [7, 11) is 0. The third-order valence-corrected chi connectivity index (χ3v) is 1.65. The molecule has 0 N–H and O–H groups in total. The van der Waals surface area contributed by atoms with E-state index in [1.54, 1.807) is 24.3 Å². The maximum absolute atomic E-state index is 13.1. The molecule has 1 unspecified atom stereocenters. The number of halogens is 1. The van der Waals surface area contributed by atoms with Crippen LogP contribution in [0.1, 0.15) is 23.7 Å². The molecular weight excluding hydrogens is 167 g/mol. The summed E-state index contributed by atoms with van der Waals surface area (Å²) in [5.74, 6) is 0. The molecule has 0 spiro atoms. The molecule has 64 valence electrons. The Hall–Kier alpha value is -1.87. The molecule has 0 radical (unpaired) electrons. The summed E-state index contributed by atoms with van der Waals surface area (Å²) < 4.78 is 13.1. The quantitative estimate of drug-likeness (QED) is 0.691. The average molecular weight is 174 g/mol. The molecule has 0 saturated heterocycles. The van der Waals surface area contributed by atoms with Crippen molar-refractivity contribution in [1.29, 1.82) is 10.5 Å². The first kappa shape index (κ1) is 9.22. The SMILES string of the molecule is N#CCC(F)c1cccc(C#N)c1. The average Bonchev–Trinajstić information content (AvgIpc) is 2.18. The smallest absolute Gasteiger partial charge is 0.138 e. The van der Waals surface area contributed by atoms with Crippen LogP contribution in [0.5, 0.6) is 0 Å². The molecule has 0 heterocycles. The Morgan fingerprint density at radius 3 is 2.77 bits per heavy atom. The van der Waals surface area contributed by atoms with Gasteiger partial charge in [-0.1, -0.05) is 12.1 Å². The molecule has 3 heteroatoms. The van der Waals surface area contributed by atoms with Crippen LogP contribution >= 0.6 is 0 Å². The van der Waals surface area contributed by atoms with Crippen molar-refractivity contribution < 1.29 is 4.39 Å². The van der Waals surface area contributed by atoms with Gasteiger partial charge in [0.05, 0.1) is 24.1 Å².